The second-order valence-electron chi connectivity index (χ2n) is 5.03. The van der Waals surface area contributed by atoms with Gasteiger partial charge in [0.05, 0.1) is 14.6 Å². The molecule has 24 heavy (non-hydrogen) atoms. The molecule has 3 heterocycles. The summed E-state index contributed by atoms with van der Waals surface area (Å²) < 4.78 is 43.1. The van der Waals surface area contributed by atoms with Gasteiger partial charge in [0.25, 0.3) is 10.0 Å². The molecule has 0 aliphatic carbocycles. The van der Waals surface area contributed by atoms with E-state index in [1.165, 1.54) is 17.4 Å². The Bertz CT molecular complexity index is 1110. The summed E-state index contributed by atoms with van der Waals surface area (Å²) >= 11 is 8.08. The molecule has 3 aromatic rings. The van der Waals surface area contributed by atoms with Crippen LogP contribution in [0.4, 0.5) is 0 Å². The van der Waals surface area contributed by atoms with Gasteiger partial charge in [-0.05, 0) is 12.1 Å². The first-order chi connectivity index (χ1) is 11.4. The average Bonchev–Trinajstić information content (AvgIpc) is 3.11. The number of halogens is 1. The lowest BCUT2D eigenvalue weighted by molar-refractivity contribution is 0.172. The Morgan fingerprint density at radius 2 is 1.88 bits per heavy atom. The summed E-state index contributed by atoms with van der Waals surface area (Å²) in [4.78, 5) is 0.372. The summed E-state index contributed by atoms with van der Waals surface area (Å²) in [5.74, 6) is 1.32. The second kappa shape index (κ2) is 5.76. The second-order valence-corrected chi connectivity index (χ2v) is 9.59. The Morgan fingerprint density at radius 3 is 2.54 bits per heavy atom. The van der Waals surface area contributed by atoms with Crippen molar-refractivity contribution in [3.8, 4) is 11.5 Å². The van der Waals surface area contributed by atoms with Gasteiger partial charge >= 0.3 is 0 Å². The topological polar surface area (TPSA) is 69.9 Å². The molecule has 1 aliphatic rings. The van der Waals surface area contributed by atoms with Crippen molar-refractivity contribution < 1.29 is 17.9 Å². The third-order valence-electron chi connectivity index (χ3n) is 3.47. The van der Waals surface area contributed by atoms with E-state index in [0.717, 1.165) is 21.6 Å². The summed E-state index contributed by atoms with van der Waals surface area (Å²) in [6.07, 6.45) is 0. The lowest BCUT2D eigenvalue weighted by Gasteiger charge is -2.18. The molecule has 10 heteroatoms. The first-order valence-electron chi connectivity index (χ1n) is 6.89. The first-order valence-corrected chi connectivity index (χ1v) is 10.3. The molecule has 0 saturated carbocycles. The van der Waals surface area contributed by atoms with E-state index in [1.807, 2.05) is 12.1 Å². The fourth-order valence-electron chi connectivity index (χ4n) is 2.34. The largest absolute Gasteiger partial charge is 0.486 e. The van der Waals surface area contributed by atoms with Gasteiger partial charge in [-0.1, -0.05) is 22.9 Å². The van der Waals surface area contributed by atoms with Crippen LogP contribution in [0, 0.1) is 0 Å². The standard InChI is InChI=1S/C14H11ClN2O4S3/c1-17-8-6-9-10(21-5-4-20-9)7-11(8)22-14(17)16-24(18,19)13-3-2-12(15)23-13/h2-3,6-7H,4-5H2,1H3. The number of thiophene rings is 1. The molecule has 2 aromatic heterocycles. The summed E-state index contributed by atoms with van der Waals surface area (Å²) in [5.41, 5.74) is 0.836. The number of thiazole rings is 1. The summed E-state index contributed by atoms with van der Waals surface area (Å²) in [6, 6.07) is 6.69. The van der Waals surface area contributed by atoms with Crippen LogP contribution < -0.4 is 14.3 Å². The number of rotatable bonds is 2. The molecule has 1 aromatic carbocycles. The maximum Gasteiger partial charge on any atom is 0.294 e. The molecule has 0 fully saturated rings. The van der Waals surface area contributed by atoms with E-state index in [1.54, 1.807) is 17.7 Å². The number of benzene rings is 1. The highest BCUT2D eigenvalue weighted by Crippen LogP contribution is 2.35. The first kappa shape index (κ1) is 15.9. The smallest absolute Gasteiger partial charge is 0.294 e. The highest BCUT2D eigenvalue weighted by Gasteiger charge is 2.18. The predicted octanol–water partition coefficient (Wildman–Crippen LogP) is 3.02. The van der Waals surface area contributed by atoms with E-state index in [4.69, 9.17) is 21.1 Å². The molecule has 4 rings (SSSR count). The van der Waals surface area contributed by atoms with Crippen LogP contribution in [0.15, 0.2) is 32.9 Å². The number of fused-ring (bicyclic) bond motifs is 2. The van der Waals surface area contributed by atoms with E-state index >= 15 is 0 Å². The molecule has 0 amide bonds. The number of hydrogen-bond acceptors (Lipinski definition) is 6. The number of aryl methyl sites for hydroxylation is 1. The molecule has 0 spiro atoms. The van der Waals surface area contributed by atoms with Crippen molar-refractivity contribution in [2.24, 2.45) is 11.4 Å². The van der Waals surface area contributed by atoms with Gasteiger partial charge in [-0.25, -0.2) is 0 Å². The molecular weight excluding hydrogens is 392 g/mol. The van der Waals surface area contributed by atoms with Gasteiger partial charge in [0, 0.05) is 19.2 Å². The van der Waals surface area contributed by atoms with Crippen LogP contribution >= 0.6 is 34.3 Å². The van der Waals surface area contributed by atoms with Crippen molar-refractivity contribution in [1.29, 1.82) is 0 Å². The Balaban J connectivity index is 1.89. The van der Waals surface area contributed by atoms with E-state index in [2.05, 4.69) is 4.40 Å². The van der Waals surface area contributed by atoms with E-state index in [-0.39, 0.29) is 4.21 Å². The normalized spacial score (nSPS) is 15.2. The van der Waals surface area contributed by atoms with Crippen molar-refractivity contribution in [3.63, 3.8) is 0 Å². The Hall–Kier alpha value is -1.55. The van der Waals surface area contributed by atoms with E-state index < -0.39 is 10.0 Å². The maximum absolute atomic E-state index is 12.4. The van der Waals surface area contributed by atoms with E-state index in [9.17, 15) is 8.42 Å². The monoisotopic (exact) mass is 402 g/mol. The zero-order valence-corrected chi connectivity index (χ0v) is 15.6. The molecule has 0 atom stereocenters. The molecular formula is C14H11ClN2O4S3. The molecule has 0 unspecified atom stereocenters. The van der Waals surface area contributed by atoms with Crippen molar-refractivity contribution in [3.05, 3.63) is 33.4 Å². The summed E-state index contributed by atoms with van der Waals surface area (Å²) in [5, 5.41) is 0. The zero-order chi connectivity index (χ0) is 16.9. The summed E-state index contributed by atoms with van der Waals surface area (Å²) in [7, 11) is -2.03. The number of ether oxygens (including phenoxy) is 2. The van der Waals surface area contributed by atoms with Gasteiger partial charge in [-0.15, -0.1) is 15.7 Å². The lowest BCUT2D eigenvalue weighted by Crippen LogP contribution is -2.15. The Morgan fingerprint density at radius 1 is 1.17 bits per heavy atom. The van der Waals surface area contributed by atoms with E-state index in [0.29, 0.717) is 33.9 Å². The predicted molar refractivity (Wildman–Crippen MR) is 93.9 cm³/mol. The molecule has 0 saturated heterocycles. The van der Waals surface area contributed by atoms with Crippen LogP contribution in [0.2, 0.25) is 4.34 Å². The van der Waals surface area contributed by atoms with Crippen molar-refractivity contribution in [2.45, 2.75) is 4.21 Å². The van der Waals surface area contributed by atoms with Gasteiger partial charge in [0.2, 0.25) is 4.80 Å². The minimum Gasteiger partial charge on any atom is -0.486 e. The molecule has 1 aliphatic heterocycles. The van der Waals surface area contributed by atoms with Crippen LogP contribution in [0.1, 0.15) is 0 Å². The molecule has 0 N–H and O–H groups in total. The summed E-state index contributed by atoms with van der Waals surface area (Å²) in [6.45, 7) is 0.998. The number of nitrogens with zero attached hydrogens (tertiary/aromatic N) is 2. The maximum atomic E-state index is 12.4. The highest BCUT2D eigenvalue weighted by atomic mass is 35.5. The van der Waals surface area contributed by atoms with Crippen molar-refractivity contribution in [2.75, 3.05) is 13.2 Å². The third kappa shape index (κ3) is 2.71. The van der Waals surface area contributed by atoms with Crippen LogP contribution in [0.25, 0.3) is 10.2 Å². The van der Waals surface area contributed by atoms with Crippen molar-refractivity contribution in [1.82, 2.24) is 4.57 Å². The number of aromatic nitrogens is 1. The van der Waals surface area contributed by atoms with Gasteiger partial charge in [-0.3, -0.25) is 0 Å². The number of sulfonamides is 1. The lowest BCUT2D eigenvalue weighted by atomic mass is 10.3. The quantitative estimate of drug-likeness (QED) is 0.660. The fraction of sp³-hybridized carbons (Fsp3) is 0.214. The van der Waals surface area contributed by atoms with Crippen molar-refractivity contribution >= 4 is 54.5 Å². The Kier molecular flexibility index (Phi) is 3.83. The Labute approximate surface area is 150 Å². The minimum absolute atomic E-state index is 0.121. The average molecular weight is 403 g/mol. The highest BCUT2D eigenvalue weighted by molar-refractivity contribution is 7.92. The van der Waals surface area contributed by atoms with Gasteiger partial charge in [0.1, 0.15) is 17.4 Å². The fourth-order valence-corrected chi connectivity index (χ4v) is 6.05. The van der Waals surface area contributed by atoms with Crippen LogP contribution in [-0.2, 0) is 17.1 Å². The molecule has 6 nitrogen and oxygen atoms in total. The van der Waals surface area contributed by atoms with Gasteiger partial charge in [0.15, 0.2) is 11.5 Å². The molecule has 0 bridgehead atoms. The third-order valence-corrected chi connectivity index (χ3v) is 7.65. The SMILES string of the molecule is Cn1c(=NS(=O)(=O)c2ccc(Cl)s2)sc2cc3c(cc21)OCCO3. The van der Waals surface area contributed by atoms with Gasteiger partial charge < -0.3 is 14.0 Å². The minimum atomic E-state index is -3.80. The molecule has 126 valence electrons. The van der Waals surface area contributed by atoms with Crippen LogP contribution in [0.5, 0.6) is 11.5 Å². The van der Waals surface area contributed by atoms with Crippen LogP contribution in [0.3, 0.4) is 0 Å². The van der Waals surface area contributed by atoms with Gasteiger partial charge in [-0.2, -0.15) is 8.42 Å². The number of hydrogen-bond donors (Lipinski definition) is 0. The molecule has 0 radical (unpaired) electrons. The zero-order valence-electron chi connectivity index (χ0n) is 12.4. The van der Waals surface area contributed by atoms with Crippen LogP contribution in [-0.4, -0.2) is 26.2 Å².